The van der Waals surface area contributed by atoms with Gasteiger partial charge in [0.05, 0.1) is 22.1 Å². The zero-order valence-corrected chi connectivity index (χ0v) is 11.0. The van der Waals surface area contributed by atoms with Crippen LogP contribution in [0.4, 0.5) is 0 Å². The Labute approximate surface area is 111 Å². The van der Waals surface area contributed by atoms with E-state index < -0.39 is 0 Å². The molecule has 3 rings (SSSR count). The first kappa shape index (κ1) is 10.2. The molecule has 0 saturated heterocycles. The largest absolute Gasteiger partial charge is 0.245 e. The highest BCUT2D eigenvalue weighted by Crippen LogP contribution is 2.20. The lowest BCUT2D eigenvalue weighted by molar-refractivity contribution is 1.39. The number of rotatable bonds is 0. The second-order valence-corrected chi connectivity index (χ2v) is 5.17. The molecule has 0 amide bonds. The highest BCUT2D eigenvalue weighted by molar-refractivity contribution is 14.1. The lowest BCUT2D eigenvalue weighted by atomic mass is 10.2. The summed E-state index contributed by atoms with van der Waals surface area (Å²) in [6.45, 7) is 0. The van der Waals surface area contributed by atoms with Gasteiger partial charge in [-0.1, -0.05) is 11.6 Å². The summed E-state index contributed by atoms with van der Waals surface area (Å²) >= 11 is 8.20. The number of halogens is 2. The van der Waals surface area contributed by atoms with Gasteiger partial charge >= 0.3 is 0 Å². The molecule has 0 atom stereocenters. The molecule has 0 unspecified atom stereocenters. The molecular weight excluding hydrogens is 335 g/mol. The third kappa shape index (κ3) is 1.74. The molecule has 0 aliphatic carbocycles. The van der Waals surface area contributed by atoms with E-state index in [9.17, 15) is 0 Å². The van der Waals surface area contributed by atoms with Gasteiger partial charge in [-0.05, 0) is 59.0 Å². The van der Waals surface area contributed by atoms with Crippen LogP contribution in [-0.4, -0.2) is 9.97 Å². The van der Waals surface area contributed by atoms with E-state index in [2.05, 4.69) is 32.6 Å². The molecular formula is C12H6ClIN2. The van der Waals surface area contributed by atoms with Crippen LogP contribution >= 0.6 is 34.2 Å². The molecule has 0 aliphatic rings. The minimum Gasteiger partial charge on any atom is -0.245 e. The lowest BCUT2D eigenvalue weighted by Gasteiger charge is -2.01. The smallest absolute Gasteiger partial charge is 0.0909 e. The third-order valence-corrected chi connectivity index (χ3v) is 3.26. The fourth-order valence-corrected chi connectivity index (χ4v) is 2.26. The van der Waals surface area contributed by atoms with Gasteiger partial charge < -0.3 is 0 Å². The van der Waals surface area contributed by atoms with Crippen molar-refractivity contribution in [2.45, 2.75) is 0 Å². The monoisotopic (exact) mass is 340 g/mol. The molecule has 1 heterocycles. The zero-order valence-electron chi connectivity index (χ0n) is 8.11. The van der Waals surface area contributed by atoms with E-state index in [4.69, 9.17) is 11.6 Å². The fourth-order valence-electron chi connectivity index (χ4n) is 1.62. The second kappa shape index (κ2) is 3.82. The summed E-state index contributed by atoms with van der Waals surface area (Å²) in [7, 11) is 0. The summed E-state index contributed by atoms with van der Waals surface area (Å²) < 4.78 is 1.15. The Morgan fingerprint density at radius 3 is 2.25 bits per heavy atom. The molecule has 0 aliphatic heterocycles. The minimum absolute atomic E-state index is 0.687. The van der Waals surface area contributed by atoms with Gasteiger partial charge in [0.15, 0.2) is 0 Å². The molecule has 0 radical (unpaired) electrons. The Hall–Kier alpha value is -0.940. The highest BCUT2D eigenvalue weighted by Gasteiger charge is 2.02. The average molecular weight is 341 g/mol. The number of nitrogens with zero attached hydrogens (tertiary/aromatic N) is 2. The van der Waals surface area contributed by atoms with Crippen LogP contribution in [0.3, 0.4) is 0 Å². The van der Waals surface area contributed by atoms with Crippen molar-refractivity contribution >= 4 is 56.3 Å². The number of hydrogen-bond donors (Lipinski definition) is 0. The van der Waals surface area contributed by atoms with Crippen molar-refractivity contribution in [3.63, 3.8) is 0 Å². The van der Waals surface area contributed by atoms with Crippen LogP contribution in [0.25, 0.3) is 22.1 Å². The first-order valence-corrected chi connectivity index (χ1v) is 6.21. The van der Waals surface area contributed by atoms with Crippen LogP contribution in [-0.2, 0) is 0 Å². The van der Waals surface area contributed by atoms with E-state index in [1.807, 2.05) is 36.4 Å². The van der Waals surface area contributed by atoms with E-state index in [0.717, 1.165) is 25.6 Å². The van der Waals surface area contributed by atoms with Crippen molar-refractivity contribution in [1.82, 2.24) is 9.97 Å². The van der Waals surface area contributed by atoms with E-state index in [1.165, 1.54) is 0 Å². The average Bonchev–Trinajstić information content (AvgIpc) is 2.26. The molecule has 4 heteroatoms. The Bertz CT molecular complexity index is 640. The van der Waals surface area contributed by atoms with Crippen LogP contribution in [0.2, 0.25) is 5.02 Å². The van der Waals surface area contributed by atoms with Crippen LogP contribution in [0.5, 0.6) is 0 Å². The predicted octanol–water partition coefficient (Wildman–Crippen LogP) is 4.04. The van der Waals surface area contributed by atoms with Crippen molar-refractivity contribution in [2.75, 3.05) is 0 Å². The molecule has 0 bridgehead atoms. The molecule has 0 N–H and O–H groups in total. The maximum absolute atomic E-state index is 5.93. The normalized spacial score (nSPS) is 11.1. The van der Waals surface area contributed by atoms with Crippen molar-refractivity contribution in [1.29, 1.82) is 0 Å². The standard InChI is InChI=1S/C12H6ClIN2/c13-7-1-3-9-11(5-7)16-12-6-8(14)2-4-10(12)15-9/h1-6H. The maximum atomic E-state index is 5.93. The van der Waals surface area contributed by atoms with Crippen LogP contribution in [0, 0.1) is 3.57 Å². The van der Waals surface area contributed by atoms with E-state index in [0.29, 0.717) is 5.02 Å². The van der Waals surface area contributed by atoms with Gasteiger partial charge in [0.1, 0.15) is 0 Å². The molecule has 2 nitrogen and oxygen atoms in total. The molecule has 0 saturated carbocycles. The molecule has 2 aromatic carbocycles. The zero-order chi connectivity index (χ0) is 11.1. The van der Waals surface area contributed by atoms with Crippen LogP contribution < -0.4 is 0 Å². The third-order valence-electron chi connectivity index (χ3n) is 2.36. The Balaban J connectivity index is 2.44. The number of aromatic nitrogens is 2. The summed E-state index contributed by atoms with van der Waals surface area (Å²) in [5.74, 6) is 0. The van der Waals surface area contributed by atoms with Gasteiger partial charge in [-0.3, -0.25) is 0 Å². The fraction of sp³-hybridized carbons (Fsp3) is 0. The predicted molar refractivity (Wildman–Crippen MR) is 74.8 cm³/mol. The SMILES string of the molecule is Clc1ccc2nc3ccc(I)cc3nc2c1. The molecule has 3 aromatic rings. The van der Waals surface area contributed by atoms with Crippen LogP contribution in [0.1, 0.15) is 0 Å². The summed E-state index contributed by atoms with van der Waals surface area (Å²) in [5.41, 5.74) is 3.53. The van der Waals surface area contributed by atoms with Gasteiger partial charge in [-0.2, -0.15) is 0 Å². The molecule has 0 spiro atoms. The Morgan fingerprint density at radius 1 is 0.812 bits per heavy atom. The second-order valence-electron chi connectivity index (χ2n) is 3.49. The number of benzene rings is 2. The summed E-state index contributed by atoms with van der Waals surface area (Å²) in [4.78, 5) is 9.08. The van der Waals surface area contributed by atoms with E-state index in [1.54, 1.807) is 0 Å². The topological polar surface area (TPSA) is 25.8 Å². The first-order chi connectivity index (χ1) is 7.72. The van der Waals surface area contributed by atoms with Gasteiger partial charge in [-0.15, -0.1) is 0 Å². The number of fused-ring (bicyclic) bond motifs is 2. The van der Waals surface area contributed by atoms with E-state index >= 15 is 0 Å². The molecule has 1 aromatic heterocycles. The lowest BCUT2D eigenvalue weighted by Crippen LogP contribution is -1.87. The quantitative estimate of drug-likeness (QED) is 0.456. The Morgan fingerprint density at radius 2 is 1.44 bits per heavy atom. The summed E-state index contributed by atoms with van der Waals surface area (Å²) in [6, 6.07) is 11.6. The Kier molecular flexibility index (Phi) is 2.44. The van der Waals surface area contributed by atoms with Crippen molar-refractivity contribution in [2.24, 2.45) is 0 Å². The van der Waals surface area contributed by atoms with Crippen molar-refractivity contribution in [3.8, 4) is 0 Å². The molecule has 0 fully saturated rings. The summed E-state index contributed by atoms with van der Waals surface area (Å²) in [5, 5.41) is 0.687. The highest BCUT2D eigenvalue weighted by atomic mass is 127. The molecule has 16 heavy (non-hydrogen) atoms. The maximum Gasteiger partial charge on any atom is 0.0909 e. The van der Waals surface area contributed by atoms with Gasteiger partial charge in [0.25, 0.3) is 0 Å². The van der Waals surface area contributed by atoms with Gasteiger partial charge in [0, 0.05) is 8.59 Å². The van der Waals surface area contributed by atoms with Gasteiger partial charge in [-0.25, -0.2) is 9.97 Å². The van der Waals surface area contributed by atoms with Crippen molar-refractivity contribution < 1.29 is 0 Å². The first-order valence-electron chi connectivity index (χ1n) is 4.75. The minimum atomic E-state index is 0.687. The number of hydrogen-bond acceptors (Lipinski definition) is 2. The van der Waals surface area contributed by atoms with Crippen molar-refractivity contribution in [3.05, 3.63) is 45.0 Å². The van der Waals surface area contributed by atoms with E-state index in [-0.39, 0.29) is 0 Å². The summed E-state index contributed by atoms with van der Waals surface area (Å²) in [6.07, 6.45) is 0. The van der Waals surface area contributed by atoms with Crippen LogP contribution in [0.15, 0.2) is 36.4 Å². The van der Waals surface area contributed by atoms with Gasteiger partial charge in [0.2, 0.25) is 0 Å². The molecule has 78 valence electrons.